The molecule has 0 radical (unpaired) electrons. The predicted molar refractivity (Wildman–Crippen MR) is 175 cm³/mol. The molecule has 0 amide bonds. The number of hydrogen-bond donors (Lipinski definition) is 4. The van der Waals surface area contributed by atoms with Gasteiger partial charge in [0.15, 0.2) is 17.2 Å². The molecule has 7 heteroatoms. The van der Waals surface area contributed by atoms with Crippen LogP contribution in [0.2, 0.25) is 0 Å². The van der Waals surface area contributed by atoms with Crippen molar-refractivity contribution in [3.63, 3.8) is 0 Å². The zero-order valence-electron chi connectivity index (χ0n) is 27.5. The first-order valence-corrected chi connectivity index (χ1v) is 16.7. The minimum atomic E-state index is -2.59. The molecule has 1 unspecified atom stereocenters. The van der Waals surface area contributed by atoms with E-state index in [1.165, 1.54) is 11.6 Å². The van der Waals surface area contributed by atoms with E-state index < -0.39 is 51.0 Å². The van der Waals surface area contributed by atoms with Crippen LogP contribution in [0.5, 0.6) is 5.75 Å². The standard InChI is InChI=1S/C39H46O7/c1-21(2)31-33(42)29(22(3)40)35(44)39(46)36(45)32-34(43)30-27(19-37(32,4)20-38(31,39)5)26(15-16-28(30)41)18-25-13-11-24(12-14-25)17-23-9-7-6-8-10-23/h6-10,15-16,21,24-25,31,41-42,45-46H,11-14,17-20H2,1-5H3/t24?,25?,31?,37-,38-,39+/m1/s1. The van der Waals surface area contributed by atoms with E-state index in [9.17, 15) is 34.8 Å². The van der Waals surface area contributed by atoms with Gasteiger partial charge in [-0.2, -0.15) is 0 Å². The molecule has 0 heterocycles. The van der Waals surface area contributed by atoms with Crippen LogP contribution < -0.4 is 0 Å². The van der Waals surface area contributed by atoms with E-state index in [0.29, 0.717) is 18.3 Å². The van der Waals surface area contributed by atoms with Gasteiger partial charge in [-0.25, -0.2) is 0 Å². The highest BCUT2D eigenvalue weighted by Gasteiger charge is 2.71. The van der Waals surface area contributed by atoms with Crippen molar-refractivity contribution < 1.29 is 34.8 Å². The Morgan fingerprint density at radius 1 is 0.913 bits per heavy atom. The van der Waals surface area contributed by atoms with Crippen LogP contribution in [0.25, 0.3) is 0 Å². The molecule has 0 aliphatic heterocycles. The molecular formula is C39H46O7. The maximum absolute atomic E-state index is 14.3. The molecule has 6 rings (SSSR count). The Balaban J connectivity index is 1.36. The van der Waals surface area contributed by atoms with E-state index >= 15 is 0 Å². The zero-order chi connectivity index (χ0) is 33.3. The summed E-state index contributed by atoms with van der Waals surface area (Å²) in [5.41, 5.74) is -2.44. The van der Waals surface area contributed by atoms with E-state index in [1.807, 2.05) is 32.9 Å². The third-order valence-electron chi connectivity index (χ3n) is 11.8. The summed E-state index contributed by atoms with van der Waals surface area (Å²) in [6, 6.07) is 14.0. The fourth-order valence-electron chi connectivity index (χ4n) is 9.88. The van der Waals surface area contributed by atoms with E-state index in [2.05, 4.69) is 24.3 Å². The van der Waals surface area contributed by atoms with Crippen molar-refractivity contribution in [2.24, 2.45) is 34.5 Å². The van der Waals surface area contributed by atoms with Gasteiger partial charge in [0.25, 0.3) is 0 Å². The number of phenols is 1. The van der Waals surface area contributed by atoms with E-state index in [4.69, 9.17) is 0 Å². The Labute approximate surface area is 271 Å². The number of ketones is 3. The molecule has 2 aromatic rings. The Hall–Kier alpha value is -3.71. The first kappa shape index (κ1) is 32.2. The lowest BCUT2D eigenvalue weighted by Crippen LogP contribution is -2.67. The first-order chi connectivity index (χ1) is 21.6. The molecule has 4 aliphatic carbocycles. The number of aliphatic hydroxyl groups excluding tert-OH is 2. The number of benzene rings is 2. The highest BCUT2D eigenvalue weighted by atomic mass is 16.3. The highest BCUT2D eigenvalue weighted by molar-refractivity contribution is 6.25. The van der Waals surface area contributed by atoms with E-state index in [0.717, 1.165) is 56.6 Å². The van der Waals surface area contributed by atoms with Crippen molar-refractivity contribution >= 4 is 17.3 Å². The Kier molecular flexibility index (Phi) is 7.86. The van der Waals surface area contributed by atoms with Gasteiger partial charge >= 0.3 is 0 Å². The molecule has 0 spiro atoms. The highest BCUT2D eigenvalue weighted by Crippen LogP contribution is 2.65. The third-order valence-corrected chi connectivity index (χ3v) is 11.8. The second kappa shape index (κ2) is 11.2. The average molecular weight is 627 g/mol. The van der Waals surface area contributed by atoms with Gasteiger partial charge in [0.1, 0.15) is 22.8 Å². The minimum Gasteiger partial charge on any atom is -0.511 e. The van der Waals surface area contributed by atoms with E-state index in [1.54, 1.807) is 6.92 Å². The number of aromatic hydroxyl groups is 1. The second-order valence-corrected chi connectivity index (χ2v) is 15.3. The molecular weight excluding hydrogens is 580 g/mol. The number of phenolic OH excluding ortho intramolecular Hbond substituents is 1. The summed E-state index contributed by atoms with van der Waals surface area (Å²) in [5.74, 6) is -3.82. The Bertz CT molecular complexity index is 1680. The monoisotopic (exact) mass is 626 g/mol. The van der Waals surface area contributed by atoms with Gasteiger partial charge < -0.3 is 20.4 Å². The van der Waals surface area contributed by atoms with Gasteiger partial charge in [0, 0.05) is 22.3 Å². The summed E-state index contributed by atoms with van der Waals surface area (Å²) in [7, 11) is 0. The molecule has 1 saturated carbocycles. The molecule has 2 aromatic carbocycles. The fraction of sp³-hybridized carbons (Fsp3) is 0.513. The predicted octanol–water partition coefficient (Wildman–Crippen LogP) is 6.94. The summed E-state index contributed by atoms with van der Waals surface area (Å²) in [6.45, 7) is 8.34. The molecule has 4 aliphatic rings. The molecule has 0 bridgehead atoms. The van der Waals surface area contributed by atoms with Gasteiger partial charge in [0.2, 0.25) is 5.78 Å². The number of fused-ring (bicyclic) bond motifs is 3. The fourth-order valence-corrected chi connectivity index (χ4v) is 9.88. The summed E-state index contributed by atoms with van der Waals surface area (Å²) >= 11 is 0. The number of hydrogen-bond acceptors (Lipinski definition) is 7. The molecule has 0 aromatic heterocycles. The first-order valence-electron chi connectivity index (χ1n) is 16.7. The van der Waals surface area contributed by atoms with Gasteiger partial charge in [-0.1, -0.05) is 64.1 Å². The molecule has 46 heavy (non-hydrogen) atoms. The maximum Gasteiger partial charge on any atom is 0.209 e. The van der Waals surface area contributed by atoms with Crippen molar-refractivity contribution in [1.29, 1.82) is 0 Å². The summed E-state index contributed by atoms with van der Waals surface area (Å²) in [5, 5.41) is 46.5. The molecule has 1 fully saturated rings. The lowest BCUT2D eigenvalue weighted by Gasteiger charge is -2.59. The number of carbonyl (C=O) groups is 3. The number of Topliss-reactive ketones (excluding diaryl/α,β-unsaturated/α-hetero) is 3. The van der Waals surface area contributed by atoms with Crippen LogP contribution >= 0.6 is 0 Å². The molecule has 4 N–H and O–H groups in total. The maximum atomic E-state index is 14.3. The quantitative estimate of drug-likeness (QED) is 0.256. The van der Waals surface area contributed by atoms with Crippen molar-refractivity contribution in [3.05, 3.63) is 87.4 Å². The van der Waals surface area contributed by atoms with Gasteiger partial charge in [-0.15, -0.1) is 0 Å². The van der Waals surface area contributed by atoms with Crippen LogP contribution in [0, 0.1) is 34.5 Å². The lowest BCUT2D eigenvalue weighted by atomic mass is 9.44. The van der Waals surface area contributed by atoms with Crippen molar-refractivity contribution in [1.82, 2.24) is 0 Å². The summed E-state index contributed by atoms with van der Waals surface area (Å²) in [6.07, 6.45) is 6.71. The normalized spacial score (nSPS) is 32.7. The Morgan fingerprint density at radius 3 is 2.11 bits per heavy atom. The van der Waals surface area contributed by atoms with Crippen LogP contribution in [-0.4, -0.2) is 43.4 Å². The molecule has 0 saturated heterocycles. The van der Waals surface area contributed by atoms with Crippen LogP contribution in [0.15, 0.2) is 65.1 Å². The van der Waals surface area contributed by atoms with Crippen molar-refractivity contribution in [2.45, 2.75) is 91.6 Å². The SMILES string of the molecule is CC(=O)C1=C(O)C(C(C)C)[C@@]2(C)C[C@@]3(C)Cc4c(CC5CCC(Cc6ccccc6)CC5)ccc(O)c4C(=O)C3=C(O)[C@@]2(O)C1=O. The van der Waals surface area contributed by atoms with E-state index in [-0.39, 0.29) is 35.0 Å². The van der Waals surface area contributed by atoms with Gasteiger partial charge in [-0.05, 0) is 98.8 Å². The number of aliphatic hydroxyl groups is 3. The molecule has 7 nitrogen and oxygen atoms in total. The summed E-state index contributed by atoms with van der Waals surface area (Å²) < 4.78 is 0. The third kappa shape index (κ3) is 4.68. The van der Waals surface area contributed by atoms with Crippen LogP contribution in [-0.2, 0) is 28.9 Å². The van der Waals surface area contributed by atoms with Gasteiger partial charge in [0.05, 0.1) is 5.56 Å². The number of rotatable bonds is 6. The molecule has 244 valence electrons. The second-order valence-electron chi connectivity index (χ2n) is 15.3. The average Bonchev–Trinajstić information content (AvgIpc) is 2.97. The minimum absolute atomic E-state index is 0.102. The summed E-state index contributed by atoms with van der Waals surface area (Å²) in [4.78, 5) is 40.8. The molecule has 4 atom stereocenters. The topological polar surface area (TPSA) is 132 Å². The number of carbonyl (C=O) groups excluding carboxylic acids is 3. The number of allylic oxidation sites excluding steroid dienone is 2. The van der Waals surface area contributed by atoms with Crippen LogP contribution in [0.4, 0.5) is 0 Å². The smallest absolute Gasteiger partial charge is 0.209 e. The Morgan fingerprint density at radius 2 is 1.52 bits per heavy atom. The lowest BCUT2D eigenvalue weighted by molar-refractivity contribution is -0.171. The van der Waals surface area contributed by atoms with Crippen molar-refractivity contribution in [3.8, 4) is 5.75 Å². The zero-order valence-corrected chi connectivity index (χ0v) is 27.5. The van der Waals surface area contributed by atoms with Gasteiger partial charge in [-0.3, -0.25) is 14.4 Å². The van der Waals surface area contributed by atoms with Crippen LogP contribution in [0.3, 0.4) is 0 Å². The largest absolute Gasteiger partial charge is 0.511 e. The van der Waals surface area contributed by atoms with Crippen molar-refractivity contribution in [2.75, 3.05) is 0 Å². The van der Waals surface area contributed by atoms with Crippen LogP contribution in [0.1, 0.15) is 93.8 Å².